The van der Waals surface area contributed by atoms with Crippen LogP contribution in [0.2, 0.25) is 0 Å². The van der Waals surface area contributed by atoms with E-state index in [1.54, 1.807) is 5.38 Å². The second-order valence-electron chi connectivity index (χ2n) is 3.93. The van der Waals surface area contributed by atoms with Gasteiger partial charge in [0, 0.05) is 23.7 Å². The fourth-order valence-electron chi connectivity index (χ4n) is 1.61. The predicted molar refractivity (Wildman–Crippen MR) is 77.6 cm³/mol. The summed E-state index contributed by atoms with van der Waals surface area (Å²) in [6.07, 6.45) is 0. The number of amides is 1. The first kappa shape index (κ1) is 14.9. The molecule has 0 radical (unpaired) electrons. The topological polar surface area (TPSA) is 120 Å². The summed E-state index contributed by atoms with van der Waals surface area (Å²) in [5, 5.41) is 15.7. The van der Waals surface area contributed by atoms with E-state index in [0.29, 0.717) is 5.01 Å². The van der Waals surface area contributed by atoms with Crippen LogP contribution < -0.4 is 15.8 Å². The summed E-state index contributed by atoms with van der Waals surface area (Å²) >= 11 is 1.28. The van der Waals surface area contributed by atoms with Crippen molar-refractivity contribution in [1.29, 1.82) is 0 Å². The molecule has 3 N–H and O–H groups in total. The maximum absolute atomic E-state index is 12.0. The lowest BCUT2D eigenvalue weighted by molar-refractivity contribution is -0.385. The van der Waals surface area contributed by atoms with Crippen molar-refractivity contribution in [3.05, 3.63) is 44.4 Å². The monoisotopic (exact) mass is 308 g/mol. The SMILES string of the molecule is COc1ccc(NC(=O)c2csc(CN)n2)cc1[N+](=O)[O-]. The first-order valence-corrected chi connectivity index (χ1v) is 6.71. The number of hydrogen-bond acceptors (Lipinski definition) is 7. The smallest absolute Gasteiger partial charge is 0.312 e. The number of nitrogens with two attached hydrogens (primary N) is 1. The summed E-state index contributed by atoms with van der Waals surface area (Å²) in [6.45, 7) is 0.256. The second kappa shape index (κ2) is 6.29. The standard InChI is InChI=1S/C12H12N4O4S/c1-20-10-3-2-7(4-9(10)16(18)19)14-12(17)8-6-21-11(5-13)15-8/h2-4,6H,5,13H2,1H3,(H,14,17). The normalized spacial score (nSPS) is 10.2. The minimum Gasteiger partial charge on any atom is -0.490 e. The van der Waals surface area contributed by atoms with Crippen LogP contribution in [-0.4, -0.2) is 22.9 Å². The Morgan fingerprint density at radius 2 is 2.33 bits per heavy atom. The Balaban J connectivity index is 2.21. The third-order valence-electron chi connectivity index (χ3n) is 2.59. The van der Waals surface area contributed by atoms with Crippen LogP contribution in [0.15, 0.2) is 23.6 Å². The highest BCUT2D eigenvalue weighted by Crippen LogP contribution is 2.29. The van der Waals surface area contributed by atoms with Crippen molar-refractivity contribution in [2.24, 2.45) is 5.73 Å². The summed E-state index contributed by atoms with van der Waals surface area (Å²) < 4.78 is 4.89. The molecule has 0 saturated carbocycles. The van der Waals surface area contributed by atoms with Gasteiger partial charge in [-0.3, -0.25) is 14.9 Å². The molecule has 0 saturated heterocycles. The number of benzene rings is 1. The number of thiazole rings is 1. The highest BCUT2D eigenvalue weighted by Gasteiger charge is 2.17. The number of nitro benzene ring substituents is 1. The molecule has 1 aromatic heterocycles. The Bertz CT molecular complexity index is 686. The van der Waals surface area contributed by atoms with Crippen LogP contribution in [-0.2, 0) is 6.54 Å². The predicted octanol–water partition coefficient (Wildman–Crippen LogP) is 1.77. The van der Waals surface area contributed by atoms with Crippen molar-refractivity contribution in [2.75, 3.05) is 12.4 Å². The molecule has 2 rings (SSSR count). The molecule has 0 aliphatic carbocycles. The molecule has 21 heavy (non-hydrogen) atoms. The number of rotatable bonds is 5. The Morgan fingerprint density at radius 3 is 2.90 bits per heavy atom. The number of anilines is 1. The van der Waals surface area contributed by atoms with Crippen LogP contribution in [0.3, 0.4) is 0 Å². The van der Waals surface area contributed by atoms with Gasteiger partial charge < -0.3 is 15.8 Å². The summed E-state index contributed by atoms with van der Waals surface area (Å²) in [6, 6.07) is 4.16. The zero-order valence-corrected chi connectivity index (χ0v) is 11.8. The van der Waals surface area contributed by atoms with Crippen molar-refractivity contribution in [3.8, 4) is 5.75 Å². The zero-order chi connectivity index (χ0) is 15.4. The number of carbonyl (C=O) groups is 1. The van der Waals surface area contributed by atoms with Gasteiger partial charge in [-0.15, -0.1) is 11.3 Å². The Hall–Kier alpha value is -2.52. The van der Waals surface area contributed by atoms with Crippen LogP contribution >= 0.6 is 11.3 Å². The molecule has 110 valence electrons. The van der Waals surface area contributed by atoms with Gasteiger partial charge in [0.2, 0.25) is 0 Å². The van der Waals surface area contributed by atoms with Gasteiger partial charge in [-0.25, -0.2) is 4.98 Å². The van der Waals surface area contributed by atoms with Crippen LogP contribution in [0.5, 0.6) is 5.75 Å². The first-order chi connectivity index (χ1) is 10.0. The number of aromatic nitrogens is 1. The van der Waals surface area contributed by atoms with Crippen LogP contribution in [0.4, 0.5) is 11.4 Å². The molecule has 0 fully saturated rings. The number of nitrogens with zero attached hydrogens (tertiary/aromatic N) is 2. The van der Waals surface area contributed by atoms with Gasteiger partial charge in [0.25, 0.3) is 5.91 Å². The van der Waals surface area contributed by atoms with E-state index in [4.69, 9.17) is 10.5 Å². The molecule has 9 heteroatoms. The lowest BCUT2D eigenvalue weighted by atomic mass is 10.2. The van der Waals surface area contributed by atoms with Gasteiger partial charge in [-0.2, -0.15) is 0 Å². The van der Waals surface area contributed by atoms with Gasteiger partial charge in [-0.1, -0.05) is 0 Å². The van der Waals surface area contributed by atoms with E-state index in [0.717, 1.165) is 0 Å². The number of ether oxygens (including phenoxy) is 1. The van der Waals surface area contributed by atoms with Gasteiger partial charge in [0.15, 0.2) is 5.75 Å². The van der Waals surface area contributed by atoms with E-state index in [9.17, 15) is 14.9 Å². The van der Waals surface area contributed by atoms with E-state index in [1.807, 2.05) is 0 Å². The highest BCUT2D eigenvalue weighted by atomic mass is 32.1. The molecule has 0 atom stereocenters. The molecular weight excluding hydrogens is 296 g/mol. The van der Waals surface area contributed by atoms with Crippen LogP contribution in [0.25, 0.3) is 0 Å². The van der Waals surface area contributed by atoms with Gasteiger partial charge in [-0.05, 0) is 12.1 Å². The number of nitro groups is 1. The number of hydrogen-bond donors (Lipinski definition) is 2. The minimum atomic E-state index is -0.580. The van der Waals surface area contributed by atoms with E-state index in [1.165, 1.54) is 36.6 Å². The Kier molecular flexibility index (Phi) is 4.45. The quantitative estimate of drug-likeness (QED) is 0.641. The Morgan fingerprint density at radius 1 is 1.57 bits per heavy atom. The second-order valence-corrected chi connectivity index (χ2v) is 4.87. The first-order valence-electron chi connectivity index (χ1n) is 5.83. The lowest BCUT2D eigenvalue weighted by Gasteiger charge is -2.06. The summed E-state index contributed by atoms with van der Waals surface area (Å²) in [7, 11) is 1.34. The molecule has 0 bridgehead atoms. The number of carbonyl (C=O) groups excluding carboxylic acids is 1. The molecule has 0 unspecified atom stereocenters. The molecule has 0 aliphatic rings. The van der Waals surface area contributed by atoms with E-state index in [2.05, 4.69) is 10.3 Å². The van der Waals surface area contributed by atoms with E-state index < -0.39 is 10.8 Å². The van der Waals surface area contributed by atoms with E-state index in [-0.39, 0.29) is 29.4 Å². The average molecular weight is 308 g/mol. The maximum atomic E-state index is 12.0. The molecule has 0 spiro atoms. The molecular formula is C12H12N4O4S. The third-order valence-corrected chi connectivity index (χ3v) is 3.46. The fraction of sp³-hybridized carbons (Fsp3) is 0.167. The molecule has 2 aromatic rings. The van der Waals surface area contributed by atoms with Gasteiger partial charge >= 0.3 is 5.69 Å². The van der Waals surface area contributed by atoms with Crippen molar-refractivity contribution < 1.29 is 14.5 Å². The van der Waals surface area contributed by atoms with Crippen LogP contribution in [0, 0.1) is 10.1 Å². The minimum absolute atomic E-state index is 0.122. The average Bonchev–Trinajstić information content (AvgIpc) is 2.96. The van der Waals surface area contributed by atoms with Crippen molar-refractivity contribution in [3.63, 3.8) is 0 Å². The summed E-state index contributed by atoms with van der Waals surface area (Å²) in [5.74, 6) is -0.331. The largest absolute Gasteiger partial charge is 0.490 e. The van der Waals surface area contributed by atoms with Crippen molar-refractivity contribution in [1.82, 2.24) is 4.98 Å². The lowest BCUT2D eigenvalue weighted by Crippen LogP contribution is -2.13. The van der Waals surface area contributed by atoms with Crippen LogP contribution in [0.1, 0.15) is 15.5 Å². The van der Waals surface area contributed by atoms with Crippen molar-refractivity contribution in [2.45, 2.75) is 6.54 Å². The van der Waals surface area contributed by atoms with Gasteiger partial charge in [0.1, 0.15) is 10.7 Å². The third kappa shape index (κ3) is 3.33. The summed E-state index contributed by atoms with van der Waals surface area (Å²) in [4.78, 5) is 26.3. The number of nitrogens with one attached hydrogen (secondary N) is 1. The maximum Gasteiger partial charge on any atom is 0.312 e. The van der Waals surface area contributed by atoms with Crippen molar-refractivity contribution >= 4 is 28.6 Å². The van der Waals surface area contributed by atoms with E-state index >= 15 is 0 Å². The summed E-state index contributed by atoms with van der Waals surface area (Å²) in [5.41, 5.74) is 5.71. The molecule has 1 amide bonds. The Labute approximate surface area is 123 Å². The number of methoxy groups -OCH3 is 1. The molecule has 1 aromatic carbocycles. The molecule has 1 heterocycles. The molecule has 0 aliphatic heterocycles. The highest BCUT2D eigenvalue weighted by molar-refractivity contribution is 7.09. The fourth-order valence-corrected chi connectivity index (χ4v) is 2.27. The molecule has 8 nitrogen and oxygen atoms in total. The van der Waals surface area contributed by atoms with Gasteiger partial charge in [0.05, 0.1) is 12.0 Å². The zero-order valence-electron chi connectivity index (χ0n) is 11.0.